The molecular weight excluding hydrogens is 412 g/mol. The van der Waals surface area contributed by atoms with E-state index in [1.165, 1.54) is 5.56 Å². The molecule has 166 valence electrons. The molecule has 30 heavy (non-hydrogen) atoms. The van der Waals surface area contributed by atoms with Crippen molar-refractivity contribution in [1.29, 1.82) is 5.26 Å². The second-order valence-electron chi connectivity index (χ2n) is 10.2. The van der Waals surface area contributed by atoms with Crippen molar-refractivity contribution in [1.82, 2.24) is 4.31 Å². The minimum absolute atomic E-state index is 0.0647. The first-order valence-corrected chi connectivity index (χ1v) is 13.6. The number of hydrogen-bond acceptors (Lipinski definition) is 4. The molecule has 1 aromatic rings. The Bertz CT molecular complexity index is 897. The van der Waals surface area contributed by atoms with E-state index in [2.05, 4.69) is 32.0 Å². The molecule has 0 N–H and O–H groups in total. The van der Waals surface area contributed by atoms with Gasteiger partial charge < -0.3 is 0 Å². The summed E-state index contributed by atoms with van der Waals surface area (Å²) in [5, 5.41) is 10.5. The third-order valence-electron chi connectivity index (χ3n) is 7.76. The number of nitriles is 1. The molecule has 2 unspecified atom stereocenters. The summed E-state index contributed by atoms with van der Waals surface area (Å²) in [7, 11) is -3.51. The van der Waals surface area contributed by atoms with Crippen LogP contribution in [0.5, 0.6) is 0 Å². The third kappa shape index (κ3) is 3.61. The Balaban J connectivity index is 2.01. The van der Waals surface area contributed by atoms with Gasteiger partial charge in [-0.05, 0) is 63.9 Å². The summed E-state index contributed by atoms with van der Waals surface area (Å²) in [5.41, 5.74) is 0.459. The molecule has 0 aliphatic heterocycles. The van der Waals surface area contributed by atoms with E-state index in [4.69, 9.17) is 0 Å². The van der Waals surface area contributed by atoms with E-state index < -0.39 is 20.2 Å². The van der Waals surface area contributed by atoms with Crippen LogP contribution in [-0.4, -0.2) is 35.3 Å². The van der Waals surface area contributed by atoms with Gasteiger partial charge in [0.2, 0.25) is 10.0 Å². The topological polar surface area (TPSA) is 61.2 Å². The highest BCUT2D eigenvalue weighted by Crippen LogP contribution is 2.74. The van der Waals surface area contributed by atoms with Crippen LogP contribution in [0.4, 0.5) is 0 Å². The van der Waals surface area contributed by atoms with Crippen LogP contribution in [0.3, 0.4) is 0 Å². The Morgan fingerprint density at radius 1 is 1.17 bits per heavy atom. The molecule has 2 fully saturated rings. The van der Waals surface area contributed by atoms with Crippen LogP contribution in [0, 0.1) is 28.1 Å². The Labute approximate surface area is 187 Å². The predicted molar refractivity (Wildman–Crippen MR) is 126 cm³/mol. The average Bonchev–Trinajstić information content (AvgIpc) is 2.99. The number of thioether (sulfide) groups is 1. The van der Waals surface area contributed by atoms with Crippen LogP contribution < -0.4 is 0 Å². The van der Waals surface area contributed by atoms with Crippen molar-refractivity contribution in [2.45, 2.75) is 83.4 Å². The summed E-state index contributed by atoms with van der Waals surface area (Å²) in [6.45, 7) is 12.2. The first-order chi connectivity index (χ1) is 13.9. The largest absolute Gasteiger partial charge is 0.215 e. The summed E-state index contributed by atoms with van der Waals surface area (Å²) < 4.78 is 28.4. The number of fused-ring (bicyclic) bond motifs is 2. The van der Waals surface area contributed by atoms with Crippen molar-refractivity contribution in [3.8, 4) is 6.07 Å². The monoisotopic (exact) mass is 448 g/mol. The highest BCUT2D eigenvalue weighted by Gasteiger charge is 2.73. The lowest BCUT2D eigenvalue weighted by Gasteiger charge is -2.48. The van der Waals surface area contributed by atoms with Crippen LogP contribution >= 0.6 is 11.8 Å². The molecule has 0 aromatic heterocycles. The van der Waals surface area contributed by atoms with Crippen LogP contribution in [0.15, 0.2) is 30.3 Å². The highest BCUT2D eigenvalue weighted by atomic mass is 32.2. The van der Waals surface area contributed by atoms with Crippen LogP contribution in [0.1, 0.15) is 66.4 Å². The molecule has 0 spiro atoms. The van der Waals surface area contributed by atoms with E-state index in [1.807, 2.05) is 45.9 Å². The number of sulfonamides is 1. The quantitative estimate of drug-likeness (QED) is 0.530. The summed E-state index contributed by atoms with van der Waals surface area (Å²) in [6.07, 6.45) is 2.61. The maximum Gasteiger partial charge on any atom is 0.215 e. The van der Waals surface area contributed by atoms with Crippen LogP contribution in [0.2, 0.25) is 0 Å². The van der Waals surface area contributed by atoms with E-state index in [0.29, 0.717) is 5.92 Å². The molecule has 2 bridgehead atoms. The first kappa shape index (κ1) is 23.6. The van der Waals surface area contributed by atoms with E-state index >= 15 is 0 Å². The minimum atomic E-state index is -3.51. The van der Waals surface area contributed by atoms with Crippen molar-refractivity contribution in [2.24, 2.45) is 16.7 Å². The smallest absolute Gasteiger partial charge is 0.212 e. The number of benzene rings is 1. The zero-order valence-electron chi connectivity index (χ0n) is 19.2. The first-order valence-electron chi connectivity index (χ1n) is 11.0. The van der Waals surface area contributed by atoms with Gasteiger partial charge in [0.25, 0.3) is 0 Å². The van der Waals surface area contributed by atoms with E-state index in [9.17, 15) is 13.7 Å². The molecule has 0 heterocycles. The van der Waals surface area contributed by atoms with Gasteiger partial charge in [0.1, 0.15) is 4.75 Å². The number of nitrogens with zero attached hydrogens (tertiary/aromatic N) is 2. The molecule has 0 saturated heterocycles. The zero-order valence-corrected chi connectivity index (χ0v) is 20.8. The number of rotatable bonds is 8. The van der Waals surface area contributed by atoms with Crippen LogP contribution in [-0.2, 0) is 15.8 Å². The average molecular weight is 449 g/mol. The summed E-state index contributed by atoms with van der Waals surface area (Å²) in [4.78, 5) is 0. The molecule has 0 radical (unpaired) electrons. The van der Waals surface area contributed by atoms with E-state index in [0.717, 1.165) is 25.0 Å². The van der Waals surface area contributed by atoms with Crippen molar-refractivity contribution < 1.29 is 8.42 Å². The fourth-order valence-corrected chi connectivity index (χ4v) is 10.9. The van der Waals surface area contributed by atoms with Gasteiger partial charge in [0.15, 0.2) is 0 Å². The van der Waals surface area contributed by atoms with Gasteiger partial charge in [0, 0.05) is 23.3 Å². The minimum Gasteiger partial charge on any atom is -0.212 e. The Hall–Kier alpha value is -1.03. The Morgan fingerprint density at radius 2 is 1.77 bits per heavy atom. The molecule has 2 aliphatic carbocycles. The van der Waals surface area contributed by atoms with Gasteiger partial charge >= 0.3 is 0 Å². The molecule has 2 aliphatic rings. The molecule has 3 atom stereocenters. The molecule has 4 nitrogen and oxygen atoms in total. The number of hydrogen-bond donors (Lipinski definition) is 0. The third-order valence-corrected chi connectivity index (χ3v) is 11.7. The van der Waals surface area contributed by atoms with Crippen molar-refractivity contribution in [3.63, 3.8) is 0 Å². The second-order valence-corrected chi connectivity index (χ2v) is 13.4. The van der Waals surface area contributed by atoms with E-state index in [1.54, 1.807) is 16.1 Å². The van der Waals surface area contributed by atoms with Gasteiger partial charge in [-0.25, -0.2) is 8.42 Å². The molecular formula is C24H36N2O2S2. The summed E-state index contributed by atoms with van der Waals surface area (Å²) in [5.74, 6) is 1.19. The highest BCUT2D eigenvalue weighted by molar-refractivity contribution is 8.00. The van der Waals surface area contributed by atoms with Gasteiger partial charge in [-0.2, -0.15) is 9.57 Å². The summed E-state index contributed by atoms with van der Waals surface area (Å²) in [6, 6.07) is 12.7. The van der Waals surface area contributed by atoms with E-state index in [-0.39, 0.29) is 23.3 Å². The summed E-state index contributed by atoms with van der Waals surface area (Å²) >= 11 is 1.67. The van der Waals surface area contributed by atoms with Gasteiger partial charge in [-0.3, -0.25) is 0 Å². The Kier molecular flexibility index (Phi) is 6.42. The predicted octanol–water partition coefficient (Wildman–Crippen LogP) is 5.46. The fourth-order valence-electron chi connectivity index (χ4n) is 6.28. The molecule has 6 heteroatoms. The second kappa shape index (κ2) is 8.15. The SMILES string of the molecule is CC(C)N(C(C)C)S(=O)(=O)CC12CCC(C[C@]1(C#N)SCc1ccccc1)C2(C)C. The van der Waals surface area contributed by atoms with Crippen molar-refractivity contribution >= 4 is 21.8 Å². The molecule has 2 saturated carbocycles. The fraction of sp³-hybridized carbons (Fsp3) is 0.708. The van der Waals surface area contributed by atoms with Gasteiger partial charge in [-0.15, -0.1) is 11.8 Å². The Morgan fingerprint density at radius 3 is 2.27 bits per heavy atom. The molecule has 1 aromatic carbocycles. The van der Waals surface area contributed by atoms with Gasteiger partial charge in [0.05, 0.1) is 11.8 Å². The molecule has 3 rings (SSSR count). The lowest BCUT2D eigenvalue weighted by Crippen LogP contribution is -2.54. The maximum atomic E-state index is 13.7. The van der Waals surface area contributed by atoms with Gasteiger partial charge in [-0.1, -0.05) is 44.2 Å². The lowest BCUT2D eigenvalue weighted by atomic mass is 9.66. The normalized spacial score (nSPS) is 30.3. The lowest BCUT2D eigenvalue weighted by molar-refractivity contribution is 0.139. The maximum absolute atomic E-state index is 13.7. The van der Waals surface area contributed by atoms with Crippen molar-refractivity contribution in [2.75, 3.05) is 5.75 Å². The zero-order chi connectivity index (χ0) is 22.4. The van der Waals surface area contributed by atoms with Crippen LogP contribution in [0.25, 0.3) is 0 Å². The molecule has 0 amide bonds. The standard InChI is InChI=1S/C24H36N2O2S2/c1-18(2)26(19(3)4)30(27,28)17-23-13-12-21(22(23,5)6)14-24(23,16-25)29-15-20-10-8-7-9-11-20/h7-11,18-19,21H,12-15,17H2,1-6H3/t21?,23?,24-/m1/s1. The van der Waals surface area contributed by atoms with Crippen molar-refractivity contribution in [3.05, 3.63) is 35.9 Å².